The predicted octanol–water partition coefficient (Wildman–Crippen LogP) is 3.30. The van der Waals surface area contributed by atoms with E-state index in [1.807, 2.05) is 0 Å². The highest BCUT2D eigenvalue weighted by Crippen LogP contribution is 2.26. The molecule has 0 N–H and O–H groups in total. The third kappa shape index (κ3) is 2.75. The minimum absolute atomic E-state index is 0.181. The van der Waals surface area contributed by atoms with Crippen molar-refractivity contribution in [2.75, 3.05) is 18.0 Å². The molecule has 1 fully saturated rings. The van der Waals surface area contributed by atoms with Crippen molar-refractivity contribution in [1.29, 1.82) is 0 Å². The largest absolute Gasteiger partial charge is 0.338 e. The molecule has 0 bridgehead atoms. The number of alkyl halides is 1. The van der Waals surface area contributed by atoms with Crippen LogP contribution in [0.3, 0.4) is 0 Å². The monoisotopic (exact) mass is 287 g/mol. The summed E-state index contributed by atoms with van der Waals surface area (Å²) in [6.07, 6.45) is 6.06. The number of halogens is 1. The highest BCUT2D eigenvalue weighted by atomic mass is 79.9. The molecule has 0 radical (unpaired) electrons. The van der Waals surface area contributed by atoms with Crippen LogP contribution >= 0.6 is 15.9 Å². The summed E-state index contributed by atoms with van der Waals surface area (Å²) >= 11 is 3.52. The predicted molar refractivity (Wildman–Crippen MR) is 66.9 cm³/mol. The first kappa shape index (κ1) is 11.9. The van der Waals surface area contributed by atoms with Gasteiger partial charge >= 0.3 is 0 Å². The normalized spacial score (nSPS) is 19.5. The Labute approximate surface area is 105 Å². The van der Waals surface area contributed by atoms with Crippen LogP contribution in [0.1, 0.15) is 49.7 Å². The Hall–Kier alpha value is -0.580. The molecule has 2 rings (SSSR count). The molecular weight excluding hydrogens is 270 g/mol. The molecule has 1 unspecified atom stereocenters. The maximum absolute atomic E-state index is 5.26. The van der Waals surface area contributed by atoms with Gasteiger partial charge in [0.1, 0.15) is 0 Å². The van der Waals surface area contributed by atoms with Crippen molar-refractivity contribution in [1.82, 2.24) is 10.1 Å². The lowest BCUT2D eigenvalue weighted by atomic mass is 10.2. The topological polar surface area (TPSA) is 42.2 Å². The summed E-state index contributed by atoms with van der Waals surface area (Å²) in [5.41, 5.74) is 0. The van der Waals surface area contributed by atoms with Gasteiger partial charge in [0.15, 0.2) is 0 Å². The van der Waals surface area contributed by atoms with Gasteiger partial charge in [-0.05, 0) is 24.4 Å². The van der Waals surface area contributed by atoms with Gasteiger partial charge in [0.05, 0.1) is 4.83 Å². The van der Waals surface area contributed by atoms with E-state index < -0.39 is 0 Å². The molecule has 1 saturated heterocycles. The van der Waals surface area contributed by atoms with Crippen LogP contribution < -0.4 is 4.90 Å². The number of hydrogen-bond donors (Lipinski definition) is 0. The van der Waals surface area contributed by atoms with Crippen LogP contribution in [0.2, 0.25) is 0 Å². The summed E-state index contributed by atoms with van der Waals surface area (Å²) in [5, 5.41) is 4.06. The van der Waals surface area contributed by atoms with E-state index in [4.69, 9.17) is 4.52 Å². The molecule has 0 amide bonds. The standard InChI is InChI=1S/C11H18BrN3O/c1-2-9(12)10-13-11(14-16-10)15-7-5-3-4-6-8-15/h9H,2-8H2,1H3. The fourth-order valence-electron chi connectivity index (χ4n) is 1.93. The molecule has 4 nitrogen and oxygen atoms in total. The lowest BCUT2D eigenvalue weighted by Crippen LogP contribution is -2.24. The second kappa shape index (κ2) is 5.66. The molecule has 16 heavy (non-hydrogen) atoms. The first-order valence-corrected chi connectivity index (χ1v) is 6.95. The molecule has 0 spiro atoms. The second-order valence-corrected chi connectivity index (χ2v) is 5.31. The van der Waals surface area contributed by atoms with Gasteiger partial charge < -0.3 is 9.42 Å². The lowest BCUT2D eigenvalue weighted by Gasteiger charge is -2.16. The summed E-state index contributed by atoms with van der Waals surface area (Å²) in [6, 6.07) is 0. The Balaban J connectivity index is 2.05. The molecular formula is C11H18BrN3O. The quantitative estimate of drug-likeness (QED) is 0.800. The molecule has 1 aliphatic heterocycles. The molecule has 2 heterocycles. The Kier molecular flexibility index (Phi) is 4.21. The minimum Gasteiger partial charge on any atom is -0.338 e. The Morgan fingerprint density at radius 1 is 1.31 bits per heavy atom. The van der Waals surface area contributed by atoms with E-state index in [0.717, 1.165) is 25.5 Å². The van der Waals surface area contributed by atoms with Crippen molar-refractivity contribution in [3.05, 3.63) is 5.89 Å². The van der Waals surface area contributed by atoms with E-state index in [2.05, 4.69) is 37.9 Å². The van der Waals surface area contributed by atoms with Crippen LogP contribution in [-0.4, -0.2) is 23.2 Å². The number of aromatic nitrogens is 2. The molecule has 5 heteroatoms. The van der Waals surface area contributed by atoms with Crippen LogP contribution in [0.25, 0.3) is 0 Å². The van der Waals surface area contributed by atoms with E-state index in [1.54, 1.807) is 0 Å². The number of hydrogen-bond acceptors (Lipinski definition) is 4. The average Bonchev–Trinajstić information content (AvgIpc) is 2.64. The summed E-state index contributed by atoms with van der Waals surface area (Å²) in [7, 11) is 0. The molecule has 1 aromatic heterocycles. The Morgan fingerprint density at radius 3 is 2.62 bits per heavy atom. The molecule has 0 saturated carbocycles. The van der Waals surface area contributed by atoms with Crippen LogP contribution in [0.15, 0.2) is 4.52 Å². The molecule has 90 valence electrons. The van der Waals surface area contributed by atoms with Crippen LogP contribution in [-0.2, 0) is 0 Å². The highest BCUT2D eigenvalue weighted by Gasteiger charge is 2.18. The van der Waals surface area contributed by atoms with E-state index in [0.29, 0.717) is 5.89 Å². The number of rotatable bonds is 3. The molecule has 1 atom stereocenters. The zero-order chi connectivity index (χ0) is 11.4. The first-order chi connectivity index (χ1) is 7.81. The zero-order valence-corrected chi connectivity index (χ0v) is 11.2. The maximum atomic E-state index is 5.26. The molecule has 1 aliphatic rings. The third-order valence-corrected chi connectivity index (χ3v) is 3.99. The number of nitrogens with zero attached hydrogens (tertiary/aromatic N) is 3. The van der Waals surface area contributed by atoms with Crippen molar-refractivity contribution in [2.24, 2.45) is 0 Å². The van der Waals surface area contributed by atoms with E-state index in [9.17, 15) is 0 Å². The van der Waals surface area contributed by atoms with Crippen molar-refractivity contribution in [2.45, 2.75) is 43.9 Å². The van der Waals surface area contributed by atoms with Gasteiger partial charge in [-0.25, -0.2) is 0 Å². The van der Waals surface area contributed by atoms with Crippen LogP contribution in [0, 0.1) is 0 Å². The van der Waals surface area contributed by atoms with E-state index >= 15 is 0 Å². The van der Waals surface area contributed by atoms with Gasteiger partial charge in [0.25, 0.3) is 5.95 Å². The van der Waals surface area contributed by atoms with Gasteiger partial charge in [-0.3, -0.25) is 0 Å². The summed E-state index contributed by atoms with van der Waals surface area (Å²) in [4.78, 5) is 6.86. The average molecular weight is 288 g/mol. The summed E-state index contributed by atoms with van der Waals surface area (Å²) in [6.45, 7) is 4.20. The van der Waals surface area contributed by atoms with Crippen LogP contribution in [0.4, 0.5) is 5.95 Å². The SMILES string of the molecule is CCC(Br)c1nc(N2CCCCCC2)no1. The van der Waals surface area contributed by atoms with Crippen molar-refractivity contribution >= 4 is 21.9 Å². The fraction of sp³-hybridized carbons (Fsp3) is 0.818. The van der Waals surface area contributed by atoms with Gasteiger partial charge in [-0.15, -0.1) is 0 Å². The van der Waals surface area contributed by atoms with Gasteiger partial charge in [0.2, 0.25) is 5.89 Å². The smallest absolute Gasteiger partial charge is 0.266 e. The number of anilines is 1. The highest BCUT2D eigenvalue weighted by molar-refractivity contribution is 9.09. The molecule has 0 aliphatic carbocycles. The van der Waals surface area contributed by atoms with Crippen molar-refractivity contribution < 1.29 is 4.52 Å². The third-order valence-electron chi connectivity index (χ3n) is 2.95. The van der Waals surface area contributed by atoms with E-state index in [-0.39, 0.29) is 4.83 Å². The van der Waals surface area contributed by atoms with Gasteiger partial charge in [0, 0.05) is 13.1 Å². The minimum atomic E-state index is 0.181. The second-order valence-electron chi connectivity index (χ2n) is 4.21. The first-order valence-electron chi connectivity index (χ1n) is 6.04. The summed E-state index contributed by atoms with van der Waals surface area (Å²) < 4.78 is 5.26. The zero-order valence-electron chi connectivity index (χ0n) is 9.65. The summed E-state index contributed by atoms with van der Waals surface area (Å²) in [5.74, 6) is 1.46. The van der Waals surface area contributed by atoms with Gasteiger partial charge in [-0.2, -0.15) is 4.98 Å². The Morgan fingerprint density at radius 2 is 2.00 bits per heavy atom. The lowest BCUT2D eigenvalue weighted by molar-refractivity contribution is 0.375. The van der Waals surface area contributed by atoms with E-state index in [1.165, 1.54) is 25.7 Å². The van der Waals surface area contributed by atoms with Crippen molar-refractivity contribution in [3.8, 4) is 0 Å². The maximum Gasteiger partial charge on any atom is 0.266 e. The fourth-order valence-corrected chi connectivity index (χ4v) is 2.11. The van der Waals surface area contributed by atoms with Crippen molar-refractivity contribution in [3.63, 3.8) is 0 Å². The van der Waals surface area contributed by atoms with Crippen LogP contribution in [0.5, 0.6) is 0 Å². The molecule has 1 aromatic rings. The van der Waals surface area contributed by atoms with Gasteiger partial charge in [-0.1, -0.05) is 35.7 Å². The Bertz CT molecular complexity index is 321. The molecule has 0 aromatic carbocycles.